The summed E-state index contributed by atoms with van der Waals surface area (Å²) in [5.41, 5.74) is -0.0249. The highest BCUT2D eigenvalue weighted by molar-refractivity contribution is 7.98. The van der Waals surface area contributed by atoms with E-state index in [1.807, 2.05) is 0 Å². The lowest BCUT2D eigenvalue weighted by Crippen LogP contribution is -2.13. The highest BCUT2D eigenvalue weighted by Gasteiger charge is 2.12. The summed E-state index contributed by atoms with van der Waals surface area (Å²) in [5, 5.41) is 8.13. The van der Waals surface area contributed by atoms with Gasteiger partial charge in [-0.05, 0) is 12.1 Å². The molecule has 0 bridgehead atoms. The van der Waals surface area contributed by atoms with E-state index in [0.717, 1.165) is 0 Å². The minimum atomic E-state index is -0.468. The van der Waals surface area contributed by atoms with E-state index in [1.165, 1.54) is 31.2 Å². The van der Waals surface area contributed by atoms with Crippen LogP contribution >= 0.6 is 11.8 Å². The predicted octanol–water partition coefficient (Wildman–Crippen LogP) is 1.42. The molecule has 0 unspecified atom stereocenters. The highest BCUT2D eigenvalue weighted by atomic mass is 32.2. The van der Waals surface area contributed by atoms with Crippen molar-refractivity contribution >= 4 is 17.7 Å². The number of thioether (sulfide) groups is 1. The van der Waals surface area contributed by atoms with Gasteiger partial charge in [0.25, 0.3) is 11.4 Å². The van der Waals surface area contributed by atoms with Gasteiger partial charge in [0.2, 0.25) is 5.89 Å². The second-order valence-electron chi connectivity index (χ2n) is 4.56. The number of hydrogen-bond acceptors (Lipinski definition) is 9. The molecule has 3 aromatic rings. The topological polar surface area (TPSA) is 124 Å². The van der Waals surface area contributed by atoms with Gasteiger partial charge >= 0.3 is 5.97 Å². The van der Waals surface area contributed by atoms with Crippen LogP contribution in [-0.2, 0) is 21.7 Å². The van der Waals surface area contributed by atoms with Crippen LogP contribution in [0.2, 0.25) is 0 Å². The first-order valence-corrected chi connectivity index (χ1v) is 7.78. The van der Waals surface area contributed by atoms with Gasteiger partial charge in [0.05, 0.1) is 31.2 Å². The fourth-order valence-electron chi connectivity index (χ4n) is 1.80. The Kier molecular flexibility index (Phi) is 4.75. The SMILES string of the molecule is COC(=O)Cc1cc(=O)[nH]c(SCc2nnc(-c3ccco3)o2)n1. The summed E-state index contributed by atoms with van der Waals surface area (Å²) >= 11 is 1.20. The molecule has 0 fully saturated rings. The molecule has 3 aromatic heterocycles. The first-order valence-electron chi connectivity index (χ1n) is 6.80. The van der Waals surface area contributed by atoms with Crippen molar-refractivity contribution in [2.24, 2.45) is 0 Å². The lowest BCUT2D eigenvalue weighted by molar-refractivity contribution is -0.139. The van der Waals surface area contributed by atoms with Crippen LogP contribution in [0.4, 0.5) is 0 Å². The van der Waals surface area contributed by atoms with Gasteiger partial charge in [-0.25, -0.2) is 4.98 Å². The summed E-state index contributed by atoms with van der Waals surface area (Å²) in [4.78, 5) is 29.7. The van der Waals surface area contributed by atoms with Crippen molar-refractivity contribution in [2.75, 3.05) is 7.11 Å². The van der Waals surface area contributed by atoms with Crippen LogP contribution < -0.4 is 5.56 Å². The smallest absolute Gasteiger partial charge is 0.311 e. The first-order chi connectivity index (χ1) is 11.6. The molecule has 0 radical (unpaired) electrons. The van der Waals surface area contributed by atoms with Crippen molar-refractivity contribution in [2.45, 2.75) is 17.3 Å². The van der Waals surface area contributed by atoms with E-state index in [-0.39, 0.29) is 17.9 Å². The Labute approximate surface area is 139 Å². The summed E-state index contributed by atoms with van der Waals surface area (Å²) < 4.78 is 15.2. The Bertz CT molecular complexity index is 887. The number of hydrogen-bond donors (Lipinski definition) is 1. The Morgan fingerprint density at radius 2 is 2.29 bits per heavy atom. The molecule has 0 aromatic carbocycles. The molecule has 3 heterocycles. The molecule has 0 aliphatic rings. The van der Waals surface area contributed by atoms with Gasteiger partial charge in [0.1, 0.15) is 0 Å². The van der Waals surface area contributed by atoms with E-state index in [9.17, 15) is 9.59 Å². The molecule has 124 valence electrons. The molecule has 0 saturated heterocycles. The van der Waals surface area contributed by atoms with Gasteiger partial charge in [-0.2, -0.15) is 0 Å². The number of nitrogens with zero attached hydrogens (tertiary/aromatic N) is 3. The zero-order chi connectivity index (χ0) is 16.9. The molecule has 24 heavy (non-hydrogen) atoms. The van der Waals surface area contributed by atoms with Crippen LogP contribution in [0.25, 0.3) is 11.7 Å². The van der Waals surface area contributed by atoms with Crippen LogP contribution in [-0.4, -0.2) is 33.2 Å². The fourth-order valence-corrected chi connectivity index (χ4v) is 2.54. The molecule has 0 aliphatic carbocycles. The molecule has 0 saturated carbocycles. The number of furan rings is 1. The van der Waals surface area contributed by atoms with Crippen LogP contribution in [0.5, 0.6) is 0 Å². The molecule has 0 atom stereocenters. The lowest BCUT2D eigenvalue weighted by atomic mass is 10.3. The average Bonchev–Trinajstić information content (AvgIpc) is 3.23. The number of methoxy groups -OCH3 is 1. The molecule has 10 heteroatoms. The maximum absolute atomic E-state index is 11.6. The summed E-state index contributed by atoms with van der Waals surface area (Å²) in [5.74, 6) is 0.941. The molecule has 1 N–H and O–H groups in total. The minimum Gasteiger partial charge on any atom is -0.469 e. The number of ether oxygens (including phenoxy) is 1. The molecule has 3 rings (SSSR count). The monoisotopic (exact) mass is 348 g/mol. The van der Waals surface area contributed by atoms with Crippen molar-refractivity contribution in [1.82, 2.24) is 20.2 Å². The van der Waals surface area contributed by atoms with Gasteiger partial charge in [0.15, 0.2) is 10.9 Å². The molecule has 9 nitrogen and oxygen atoms in total. The maximum Gasteiger partial charge on any atom is 0.311 e. The van der Waals surface area contributed by atoms with Crippen molar-refractivity contribution in [3.8, 4) is 11.7 Å². The van der Waals surface area contributed by atoms with Gasteiger partial charge in [-0.1, -0.05) is 11.8 Å². The van der Waals surface area contributed by atoms with E-state index < -0.39 is 5.97 Å². The molecular weight excluding hydrogens is 336 g/mol. The normalized spacial score (nSPS) is 10.7. The summed E-state index contributed by atoms with van der Waals surface area (Å²) in [6.07, 6.45) is 1.44. The van der Waals surface area contributed by atoms with Gasteiger partial charge < -0.3 is 18.6 Å². The third kappa shape index (κ3) is 3.90. The number of carbonyl (C=O) groups excluding carboxylic acids is 1. The van der Waals surface area contributed by atoms with E-state index in [2.05, 4.69) is 24.9 Å². The van der Waals surface area contributed by atoms with Crippen molar-refractivity contribution < 1.29 is 18.4 Å². The average molecular weight is 348 g/mol. The first kappa shape index (κ1) is 16.0. The van der Waals surface area contributed by atoms with Crippen LogP contribution in [0.3, 0.4) is 0 Å². The summed E-state index contributed by atoms with van der Waals surface area (Å²) in [7, 11) is 1.28. The fraction of sp³-hybridized carbons (Fsp3) is 0.214. The zero-order valence-electron chi connectivity index (χ0n) is 12.5. The quantitative estimate of drug-likeness (QED) is 0.400. The highest BCUT2D eigenvalue weighted by Crippen LogP contribution is 2.22. The summed E-state index contributed by atoms with van der Waals surface area (Å²) in [6, 6.07) is 4.68. The number of aromatic nitrogens is 4. The Morgan fingerprint density at radius 1 is 1.42 bits per heavy atom. The largest absolute Gasteiger partial charge is 0.469 e. The maximum atomic E-state index is 11.6. The van der Waals surface area contributed by atoms with Crippen molar-refractivity contribution in [3.63, 3.8) is 0 Å². The summed E-state index contributed by atoms with van der Waals surface area (Å²) in [6.45, 7) is 0. The molecule has 0 spiro atoms. The van der Waals surface area contributed by atoms with Crippen LogP contribution in [0, 0.1) is 0 Å². The van der Waals surface area contributed by atoms with Gasteiger partial charge in [-0.3, -0.25) is 9.59 Å². The van der Waals surface area contributed by atoms with Crippen LogP contribution in [0.15, 0.2) is 43.2 Å². The second kappa shape index (κ2) is 7.13. The number of aromatic amines is 1. The number of nitrogens with one attached hydrogen (secondary N) is 1. The third-order valence-electron chi connectivity index (χ3n) is 2.86. The Hall–Kier alpha value is -2.88. The van der Waals surface area contributed by atoms with Crippen LogP contribution in [0.1, 0.15) is 11.6 Å². The minimum absolute atomic E-state index is 0.0722. The van der Waals surface area contributed by atoms with Crippen molar-refractivity contribution in [1.29, 1.82) is 0 Å². The van der Waals surface area contributed by atoms with Gasteiger partial charge in [-0.15, -0.1) is 10.2 Å². The number of carbonyl (C=O) groups is 1. The Morgan fingerprint density at radius 3 is 3.04 bits per heavy atom. The van der Waals surface area contributed by atoms with E-state index >= 15 is 0 Å². The molecular formula is C14H12N4O5S. The second-order valence-corrected chi connectivity index (χ2v) is 5.53. The number of H-pyrrole nitrogens is 1. The Balaban J connectivity index is 1.68. The number of esters is 1. The lowest BCUT2D eigenvalue weighted by Gasteiger charge is -2.02. The molecule has 0 amide bonds. The van der Waals surface area contributed by atoms with Gasteiger partial charge in [0, 0.05) is 6.07 Å². The van der Waals surface area contributed by atoms with E-state index in [0.29, 0.717) is 28.3 Å². The molecule has 0 aliphatic heterocycles. The zero-order valence-corrected chi connectivity index (χ0v) is 13.3. The predicted molar refractivity (Wildman–Crippen MR) is 82.1 cm³/mol. The van der Waals surface area contributed by atoms with E-state index in [1.54, 1.807) is 12.1 Å². The number of rotatable bonds is 6. The standard InChI is InChI=1S/C14H12N4O5S/c1-21-12(20)6-8-5-10(19)16-14(15-8)24-7-11-17-18-13(23-11)9-3-2-4-22-9/h2-5H,6-7H2,1H3,(H,15,16,19). The third-order valence-corrected chi connectivity index (χ3v) is 3.72. The van der Waals surface area contributed by atoms with Crippen molar-refractivity contribution in [3.05, 3.63) is 46.4 Å². The van der Waals surface area contributed by atoms with E-state index in [4.69, 9.17) is 8.83 Å².